The Labute approximate surface area is 67.5 Å². The number of carbonyl (C=O) groups is 1. The van der Waals surface area contributed by atoms with Crippen LogP contribution in [0.15, 0.2) is 0 Å². The molecule has 0 aromatic carbocycles. The number of nitrogens with zero attached hydrogens (tertiary/aromatic N) is 1. The van der Waals surface area contributed by atoms with Gasteiger partial charge in [-0.2, -0.15) is 0 Å². The van der Waals surface area contributed by atoms with Crippen LogP contribution in [0.5, 0.6) is 0 Å². The van der Waals surface area contributed by atoms with Crippen LogP contribution in [-0.4, -0.2) is 25.5 Å². The molecule has 3 nitrogen and oxygen atoms in total. The molecule has 0 saturated carbocycles. The third kappa shape index (κ3) is 3.37. The van der Waals surface area contributed by atoms with Gasteiger partial charge in [0.15, 0.2) is 0 Å². The zero-order chi connectivity index (χ0) is 8.10. The summed E-state index contributed by atoms with van der Waals surface area (Å²) >= 11 is 0. The van der Waals surface area contributed by atoms with Crippen LogP contribution < -0.4 is 10.6 Å². The van der Waals surface area contributed by atoms with E-state index in [1.807, 2.05) is 0 Å². The molecule has 3 heteroatoms. The van der Waals surface area contributed by atoms with Crippen LogP contribution in [0.1, 0.15) is 19.8 Å². The summed E-state index contributed by atoms with van der Waals surface area (Å²) < 4.78 is 0. The number of carbonyl (C=O) groups excluding carboxylic acids is 1. The van der Waals surface area contributed by atoms with Crippen molar-refractivity contribution >= 4 is 5.91 Å². The molecule has 1 heterocycles. The lowest BCUT2D eigenvalue weighted by Gasteiger charge is -2.21. The van der Waals surface area contributed by atoms with E-state index in [0.29, 0.717) is 5.92 Å². The molecule has 1 fully saturated rings. The van der Waals surface area contributed by atoms with Gasteiger partial charge in [0.05, 0.1) is 0 Å². The average molecular weight is 155 g/mol. The lowest BCUT2D eigenvalue weighted by Crippen LogP contribution is -2.34. The number of piperidine rings is 1. The fraction of sp³-hybridized carbons (Fsp3) is 0.875. The van der Waals surface area contributed by atoms with Crippen LogP contribution in [0.4, 0.5) is 0 Å². The first kappa shape index (κ1) is 8.53. The minimum Gasteiger partial charge on any atom is -0.356 e. The van der Waals surface area contributed by atoms with E-state index in [1.54, 1.807) is 6.92 Å². The summed E-state index contributed by atoms with van der Waals surface area (Å²) in [6.45, 7) is 4.30. The number of hydrogen-bond donors (Lipinski definition) is 1. The van der Waals surface area contributed by atoms with Crippen LogP contribution >= 0.6 is 0 Å². The summed E-state index contributed by atoms with van der Waals surface area (Å²) in [6, 6.07) is 0. The molecule has 1 aliphatic rings. The molecular weight excluding hydrogens is 140 g/mol. The number of rotatable bonds is 2. The minimum absolute atomic E-state index is 0.0653. The largest absolute Gasteiger partial charge is 0.356 e. The average Bonchev–Trinajstić information content (AvgIpc) is 2.03. The normalized spacial score (nSPS) is 24.6. The molecule has 1 amide bonds. The number of nitrogens with one attached hydrogen (secondary N) is 1. The summed E-state index contributed by atoms with van der Waals surface area (Å²) in [5.74, 6) is 0.656. The maximum Gasteiger partial charge on any atom is 0.216 e. The van der Waals surface area contributed by atoms with E-state index < -0.39 is 0 Å². The number of hydrogen-bond acceptors (Lipinski definition) is 1. The first-order valence-electron chi connectivity index (χ1n) is 4.16. The second-order valence-corrected chi connectivity index (χ2v) is 3.08. The third-order valence-corrected chi connectivity index (χ3v) is 1.96. The predicted molar refractivity (Wildman–Crippen MR) is 43.3 cm³/mol. The first-order chi connectivity index (χ1) is 5.29. The molecule has 1 N–H and O–H groups in total. The molecule has 11 heavy (non-hydrogen) atoms. The Hall–Kier alpha value is -0.570. The van der Waals surface area contributed by atoms with Gasteiger partial charge < -0.3 is 5.32 Å². The first-order valence-corrected chi connectivity index (χ1v) is 4.16. The van der Waals surface area contributed by atoms with E-state index in [9.17, 15) is 4.79 Å². The fourth-order valence-corrected chi connectivity index (χ4v) is 1.31. The predicted octanol–water partition coefficient (Wildman–Crippen LogP) is 0.137. The molecule has 63 valence electrons. The van der Waals surface area contributed by atoms with Gasteiger partial charge in [-0.15, -0.1) is 0 Å². The van der Waals surface area contributed by atoms with Crippen molar-refractivity contribution in [1.29, 1.82) is 0 Å². The molecule has 1 rings (SSSR count). The maximum atomic E-state index is 10.5. The summed E-state index contributed by atoms with van der Waals surface area (Å²) in [4.78, 5) is 10.5. The van der Waals surface area contributed by atoms with Crippen LogP contribution in [0.2, 0.25) is 0 Å². The van der Waals surface area contributed by atoms with E-state index >= 15 is 0 Å². The second kappa shape index (κ2) is 4.34. The molecule has 0 aromatic heterocycles. The van der Waals surface area contributed by atoms with Gasteiger partial charge in [-0.25, -0.2) is 5.32 Å². The molecule has 0 aliphatic carbocycles. The van der Waals surface area contributed by atoms with Crippen molar-refractivity contribution in [3.8, 4) is 0 Å². The van der Waals surface area contributed by atoms with Crippen molar-refractivity contribution in [3.63, 3.8) is 0 Å². The lowest BCUT2D eigenvalue weighted by molar-refractivity contribution is -0.119. The summed E-state index contributed by atoms with van der Waals surface area (Å²) in [7, 11) is 0. The van der Waals surface area contributed by atoms with Crippen molar-refractivity contribution in [1.82, 2.24) is 10.6 Å². The Morgan fingerprint density at radius 3 is 3.09 bits per heavy atom. The van der Waals surface area contributed by atoms with Crippen molar-refractivity contribution in [2.45, 2.75) is 19.8 Å². The highest BCUT2D eigenvalue weighted by atomic mass is 16.1. The summed E-state index contributed by atoms with van der Waals surface area (Å²) in [6.07, 6.45) is 2.40. The van der Waals surface area contributed by atoms with Crippen molar-refractivity contribution in [2.24, 2.45) is 5.92 Å². The van der Waals surface area contributed by atoms with E-state index in [2.05, 4.69) is 10.6 Å². The van der Waals surface area contributed by atoms with Gasteiger partial charge in [-0.05, 0) is 18.8 Å². The third-order valence-electron chi connectivity index (χ3n) is 1.96. The van der Waals surface area contributed by atoms with Gasteiger partial charge in [-0.1, -0.05) is 0 Å². The van der Waals surface area contributed by atoms with Crippen molar-refractivity contribution in [2.75, 3.05) is 19.6 Å². The van der Waals surface area contributed by atoms with Gasteiger partial charge >= 0.3 is 0 Å². The number of amides is 1. The Kier molecular flexibility index (Phi) is 3.36. The summed E-state index contributed by atoms with van der Waals surface area (Å²) in [5, 5.41) is 7.10. The highest BCUT2D eigenvalue weighted by Gasteiger charge is 2.13. The SMILES string of the molecule is CC(=O)NCC1CCC[N]C1. The Morgan fingerprint density at radius 1 is 1.73 bits per heavy atom. The quantitative estimate of drug-likeness (QED) is 0.605. The van der Waals surface area contributed by atoms with Crippen LogP contribution in [0, 0.1) is 5.92 Å². The van der Waals surface area contributed by atoms with Crippen molar-refractivity contribution in [3.05, 3.63) is 0 Å². The standard InChI is InChI=1S/C8H15N2O/c1-7(11)10-6-8-3-2-4-9-5-8/h8H,2-6H2,1H3,(H,10,11). The van der Waals surface area contributed by atoms with E-state index in [1.165, 1.54) is 12.8 Å². The van der Waals surface area contributed by atoms with E-state index in [0.717, 1.165) is 19.6 Å². The Bertz CT molecular complexity index is 130. The van der Waals surface area contributed by atoms with Crippen LogP contribution in [0.3, 0.4) is 0 Å². The maximum absolute atomic E-state index is 10.5. The lowest BCUT2D eigenvalue weighted by atomic mass is 10.00. The molecule has 1 aliphatic heterocycles. The highest BCUT2D eigenvalue weighted by molar-refractivity contribution is 5.72. The highest BCUT2D eigenvalue weighted by Crippen LogP contribution is 2.08. The van der Waals surface area contributed by atoms with Crippen LogP contribution in [-0.2, 0) is 4.79 Å². The topological polar surface area (TPSA) is 43.2 Å². The Balaban J connectivity index is 2.09. The van der Waals surface area contributed by atoms with E-state index in [-0.39, 0.29) is 5.91 Å². The van der Waals surface area contributed by atoms with Gasteiger partial charge in [0.2, 0.25) is 5.91 Å². The monoisotopic (exact) mass is 155 g/mol. The zero-order valence-electron chi connectivity index (χ0n) is 6.97. The van der Waals surface area contributed by atoms with Gasteiger partial charge in [0.1, 0.15) is 0 Å². The summed E-state index contributed by atoms with van der Waals surface area (Å²) in [5.41, 5.74) is 0. The minimum atomic E-state index is 0.0653. The molecular formula is C8H15N2O. The molecule has 0 bridgehead atoms. The molecule has 0 aromatic rings. The van der Waals surface area contributed by atoms with Gasteiger partial charge in [-0.3, -0.25) is 4.79 Å². The fourth-order valence-electron chi connectivity index (χ4n) is 1.31. The molecule has 1 saturated heterocycles. The molecule has 1 radical (unpaired) electrons. The molecule has 0 spiro atoms. The van der Waals surface area contributed by atoms with E-state index in [4.69, 9.17) is 0 Å². The Morgan fingerprint density at radius 2 is 2.55 bits per heavy atom. The molecule has 1 atom stereocenters. The van der Waals surface area contributed by atoms with Crippen LogP contribution in [0.25, 0.3) is 0 Å². The smallest absolute Gasteiger partial charge is 0.216 e. The second-order valence-electron chi connectivity index (χ2n) is 3.08. The zero-order valence-corrected chi connectivity index (χ0v) is 6.97. The van der Waals surface area contributed by atoms with Crippen molar-refractivity contribution < 1.29 is 4.79 Å². The van der Waals surface area contributed by atoms with Gasteiger partial charge in [0.25, 0.3) is 0 Å². The molecule has 1 unspecified atom stereocenters. The van der Waals surface area contributed by atoms with Gasteiger partial charge in [0, 0.05) is 26.6 Å².